The molecule has 0 bridgehead atoms. The van der Waals surface area contributed by atoms with Gasteiger partial charge in [0.05, 0.1) is 80.1 Å². The van der Waals surface area contributed by atoms with E-state index >= 15 is 0 Å². The molecule has 0 saturated heterocycles. The van der Waals surface area contributed by atoms with Crippen molar-refractivity contribution < 1.29 is 220 Å². The van der Waals surface area contributed by atoms with Crippen LogP contribution in [-0.4, -0.2) is 122 Å². The zero-order chi connectivity index (χ0) is 69.3. The first-order valence-corrected chi connectivity index (χ1v) is 33.3. The van der Waals surface area contributed by atoms with Crippen LogP contribution in [-0.2, 0) is 91.3 Å². The third kappa shape index (κ3) is 38.2. The Morgan fingerprint density at radius 1 is 0.667 bits per heavy atom. The number of unbranched alkanes of at least 4 members (excludes halogenated alkanes) is 6. The molecule has 0 aliphatic heterocycles. The SMILES string of the molecule is COC(=O)C[C@H](CCCCCCc1ccc2c(n1)CCCC2)c1ccc(O)c(F)c1.COC(=O)C[C@H](CCCCCCc1ccc2c(n1)CCCC2)c1ccc(OCCOCCOCCOCCN=[N+]=[N-])c(F)c1.Cc1ccc(S(=O)(=O)CN=[N+]=[N-])cc1.O=CO[O-].[2H]CF.[Cs+].[Cs+].[H-]. The summed E-state index contributed by atoms with van der Waals surface area (Å²) in [6.07, 6.45) is 22.0. The Hall–Kier alpha value is -3.73. The van der Waals surface area contributed by atoms with Gasteiger partial charge in [0.25, 0.3) is 6.47 Å². The van der Waals surface area contributed by atoms with Crippen molar-refractivity contribution in [1.82, 2.24) is 9.97 Å². The van der Waals surface area contributed by atoms with Crippen LogP contribution in [0.4, 0.5) is 13.2 Å². The summed E-state index contributed by atoms with van der Waals surface area (Å²) >= 11 is 0. The molecule has 96 heavy (non-hydrogen) atoms. The number of pyridine rings is 2. The van der Waals surface area contributed by atoms with Gasteiger partial charge in [-0.15, -0.1) is 0 Å². The second-order valence-corrected chi connectivity index (χ2v) is 24.1. The topological polar surface area (TPSA) is 317 Å². The van der Waals surface area contributed by atoms with E-state index in [0.717, 1.165) is 113 Å². The van der Waals surface area contributed by atoms with Crippen molar-refractivity contribution in [1.29, 1.82) is 0 Å². The minimum Gasteiger partial charge on any atom is -1.00 e. The number of hydrogen-bond donors (Lipinski definition) is 1. The van der Waals surface area contributed by atoms with Gasteiger partial charge in [-0.2, -0.15) is 0 Å². The molecule has 2 heterocycles. The molecule has 0 saturated carbocycles. The molecule has 0 fully saturated rings. The number of azide groups is 2. The van der Waals surface area contributed by atoms with Crippen LogP contribution in [0.3, 0.4) is 0 Å². The van der Waals surface area contributed by atoms with Crippen molar-refractivity contribution in [3.8, 4) is 11.5 Å². The van der Waals surface area contributed by atoms with Crippen molar-refractivity contribution in [3.63, 3.8) is 0 Å². The van der Waals surface area contributed by atoms with Gasteiger partial charge in [0.2, 0.25) is 0 Å². The van der Waals surface area contributed by atoms with E-state index in [1.54, 1.807) is 24.3 Å². The Morgan fingerprint density at radius 2 is 1.11 bits per heavy atom. The van der Waals surface area contributed by atoms with E-state index < -0.39 is 34.5 Å². The van der Waals surface area contributed by atoms with Crippen molar-refractivity contribution in [2.45, 2.75) is 165 Å². The van der Waals surface area contributed by atoms with Crippen molar-refractivity contribution >= 4 is 28.2 Å². The van der Waals surface area contributed by atoms with Gasteiger partial charge in [0, 0.05) is 39.1 Å². The number of carbonyl (C=O) groups is 3. The number of aromatic nitrogens is 2. The fourth-order valence-corrected chi connectivity index (χ4v) is 11.4. The molecule has 7 rings (SSSR count). The second-order valence-electron chi connectivity index (χ2n) is 22.1. The summed E-state index contributed by atoms with van der Waals surface area (Å²) in [5.74, 6) is -2.68. The van der Waals surface area contributed by atoms with E-state index in [1.165, 1.54) is 111 Å². The van der Waals surface area contributed by atoms with Crippen LogP contribution in [0.1, 0.15) is 168 Å². The number of alkyl halides is 1. The summed E-state index contributed by atoms with van der Waals surface area (Å²) in [6, 6.07) is 24.5. The van der Waals surface area contributed by atoms with Crippen molar-refractivity contribution in [2.75, 3.05) is 80.0 Å². The molecule has 22 nitrogen and oxygen atoms in total. The van der Waals surface area contributed by atoms with Gasteiger partial charge in [-0.05, 0) is 190 Å². The number of phenols is 1. The second kappa shape index (κ2) is 56.0. The van der Waals surface area contributed by atoms with Crippen LogP contribution >= 0.6 is 0 Å². The summed E-state index contributed by atoms with van der Waals surface area (Å²) in [7, 11) is -1.71. The molecule has 0 unspecified atom stereocenters. The Labute approximate surface area is 683 Å². The molecule has 2 aliphatic carbocycles. The monoisotopic (exact) mass is 1600 g/mol. The van der Waals surface area contributed by atoms with Gasteiger partial charge in [0.15, 0.2) is 33.0 Å². The Morgan fingerprint density at radius 3 is 1.57 bits per heavy atom. The minimum absolute atomic E-state index is 0. The molecule has 0 amide bonds. The van der Waals surface area contributed by atoms with Crippen LogP contribution in [0.2, 0.25) is 0 Å². The van der Waals surface area contributed by atoms with Crippen LogP contribution in [0.15, 0.2) is 100 Å². The van der Waals surface area contributed by atoms with Crippen LogP contribution < -0.4 is 148 Å². The molecule has 0 spiro atoms. The number of halogens is 3. The van der Waals surface area contributed by atoms with Gasteiger partial charge in [-0.3, -0.25) is 28.7 Å². The van der Waals surface area contributed by atoms with Gasteiger partial charge in [0.1, 0.15) is 12.5 Å². The van der Waals surface area contributed by atoms with Gasteiger partial charge < -0.3 is 45.1 Å². The number of fused-ring (bicyclic) bond motifs is 2. The Balaban J connectivity index is 0.00000150. The molecule has 2 aromatic heterocycles. The number of rotatable bonds is 37. The average Bonchev–Trinajstić information content (AvgIpc) is 0.918. The van der Waals surface area contributed by atoms with Crippen molar-refractivity contribution in [3.05, 3.63) is 168 Å². The predicted octanol–water partition coefficient (Wildman–Crippen LogP) is 7.50. The number of carbonyl (C=O) groups excluding carboxylic acids is 3. The summed E-state index contributed by atoms with van der Waals surface area (Å²) in [5.41, 5.74) is 26.5. The maximum absolute atomic E-state index is 14.9. The number of esters is 2. The molecule has 3 aromatic carbocycles. The van der Waals surface area contributed by atoms with Gasteiger partial charge >= 0.3 is 150 Å². The molecule has 5 aromatic rings. The Bertz CT molecular complexity index is 3260. The van der Waals surface area contributed by atoms with E-state index in [-0.39, 0.29) is 205 Å². The number of ether oxygens (including phenoxy) is 6. The first-order chi connectivity index (χ1) is 46.1. The summed E-state index contributed by atoms with van der Waals surface area (Å²) in [6.45, 7) is 4.44. The summed E-state index contributed by atoms with van der Waals surface area (Å²) in [5, 5.41) is 24.3. The fraction of sp³-hybridized carbons (Fsp3) is 0.544. The number of aryl methyl sites for hydroxylation is 7. The molecule has 2 aliphatic rings. The average molecular weight is 1600 g/mol. The first-order valence-electron chi connectivity index (χ1n) is 32.4. The standard InChI is InChI=1S/C33H47FN4O6.C25H32FNO3.C8H9N3O2S.CH3F.CH2O3.2Cs.H/c1-40-33(39)25-27(9-4-2-3-5-10-29-14-12-26-8-6-7-11-31(26)37-29)28-13-15-32(30(34)24-28)44-23-22-43-21-20-42-19-18-41-17-16-36-38-35;1-30-25(29)17-19(20-13-15-24(28)22(26)16-20)9-4-2-3-5-10-21-14-12-18-8-6-7-11-23(18)27-21;1-7-2-4-8(5-3-7)14(12,13)6-10-11-9;1-2;2-1-4-3;;;/h12-15,24,27H,2-11,16-23,25H2,1H3;12-16,19,28H,2-11,17H2,1H3;2-5H,6H2,1H3;1H3;1,3H;;;/q;;;;;2*+1;-1/p-1/t27-;19-;;;;;;/m00....../s1/i;;;1D;;;;. The molecule has 1 N–H and O–H groups in total. The molecular weight excluding hydrogens is 1510 g/mol. The van der Waals surface area contributed by atoms with E-state index in [1.807, 2.05) is 13.0 Å². The quantitative estimate of drug-likeness (QED) is 0.00588. The fourth-order valence-electron chi connectivity index (χ4n) is 10.5. The zero-order valence-electron chi connectivity index (χ0n) is 58.3. The molecule has 28 heteroatoms. The van der Waals surface area contributed by atoms with E-state index in [2.05, 4.69) is 49.2 Å². The van der Waals surface area contributed by atoms with E-state index in [9.17, 15) is 36.3 Å². The van der Waals surface area contributed by atoms with Crippen LogP contribution in [0.25, 0.3) is 20.9 Å². The number of hydrogen-bond acceptors (Lipinski definition) is 18. The predicted molar refractivity (Wildman–Crippen MR) is 348 cm³/mol. The molecular formula is C68H93Cs2F3N8O14S. The normalized spacial score (nSPS) is 12.4. The third-order valence-electron chi connectivity index (χ3n) is 15.4. The maximum Gasteiger partial charge on any atom is 1.00 e. The summed E-state index contributed by atoms with van der Waals surface area (Å²) in [4.78, 5) is 50.1. The largest absolute Gasteiger partial charge is 1.00 e. The van der Waals surface area contributed by atoms with Gasteiger partial charge in [-0.1, -0.05) is 90.7 Å². The Kier molecular flexibility index (Phi) is 51.5. The van der Waals surface area contributed by atoms with Gasteiger partial charge in [-0.25, -0.2) is 17.2 Å². The van der Waals surface area contributed by atoms with Crippen LogP contribution in [0.5, 0.6) is 11.5 Å². The number of nitrogens with zero attached hydrogens (tertiary/aromatic N) is 8. The summed E-state index contributed by atoms with van der Waals surface area (Å²) < 4.78 is 98.4. The third-order valence-corrected chi connectivity index (χ3v) is 16.9. The number of sulfone groups is 1. The van der Waals surface area contributed by atoms with Crippen LogP contribution in [0, 0.1) is 18.6 Å². The number of phenolic OH excluding ortho intramolecular Hbond substituents is 1. The molecule has 518 valence electrons. The first kappa shape index (κ1) is 88.4. The molecule has 2 atom stereocenters. The zero-order valence-corrected chi connectivity index (χ0v) is 69.7. The van der Waals surface area contributed by atoms with E-state index in [0.29, 0.717) is 46.2 Å². The maximum atomic E-state index is 14.9. The number of methoxy groups -OCH3 is 2. The number of aromatic hydroxyl groups is 1. The molecule has 0 radical (unpaired) electrons. The van der Waals surface area contributed by atoms with Crippen molar-refractivity contribution in [2.24, 2.45) is 10.2 Å². The minimum atomic E-state index is -3.46. The van der Waals surface area contributed by atoms with E-state index in [4.69, 9.17) is 60.9 Å². The smallest absolute Gasteiger partial charge is 1.00 e. The number of benzene rings is 3.